The maximum atomic E-state index is 10.7. The number of hydrogen-bond acceptors (Lipinski definition) is 8. The molecule has 0 fully saturated rings. The molecular formula is C23H24N4O5S. The van der Waals surface area contributed by atoms with Crippen LogP contribution in [-0.4, -0.2) is 35.4 Å². The van der Waals surface area contributed by atoms with Gasteiger partial charge in [0, 0.05) is 16.3 Å². The summed E-state index contributed by atoms with van der Waals surface area (Å²) in [6.07, 6.45) is -1.09. The molecular weight excluding hydrogens is 444 g/mol. The highest BCUT2D eigenvalue weighted by Crippen LogP contribution is 2.37. The molecule has 0 saturated carbocycles. The summed E-state index contributed by atoms with van der Waals surface area (Å²) in [5.41, 5.74) is 0.764. The molecule has 4 rings (SSSR count). The number of amides is 1. The van der Waals surface area contributed by atoms with Gasteiger partial charge in [-0.25, -0.2) is 14.8 Å². The van der Waals surface area contributed by atoms with Crippen LogP contribution in [0.2, 0.25) is 0 Å². The number of nitrogens with zero attached hydrogens (tertiary/aromatic N) is 2. The number of carbonyl (C=O) groups is 1. The Morgan fingerprint density at radius 1 is 1.15 bits per heavy atom. The third-order valence-corrected chi connectivity index (χ3v) is 6.32. The van der Waals surface area contributed by atoms with Crippen LogP contribution in [0.5, 0.6) is 11.5 Å². The lowest BCUT2D eigenvalue weighted by Gasteiger charge is -2.16. The maximum absolute atomic E-state index is 10.7. The lowest BCUT2D eigenvalue weighted by molar-refractivity contribution is 0.193. The number of anilines is 1. The number of carboxylic acid groups (broad SMARTS) is 1. The fourth-order valence-electron chi connectivity index (χ4n) is 3.44. The van der Waals surface area contributed by atoms with Gasteiger partial charge in [0.1, 0.15) is 23.2 Å². The molecule has 0 radical (unpaired) electrons. The number of fused-ring (bicyclic) bond motifs is 1. The minimum Gasteiger partial charge on any atom is -0.493 e. The second kappa shape index (κ2) is 9.37. The molecule has 0 aliphatic rings. The summed E-state index contributed by atoms with van der Waals surface area (Å²) in [5, 5.41) is 15.4. The number of furan rings is 1. The monoisotopic (exact) mass is 468 g/mol. The standard InChI is InChI=1S/C23H24N4O5S/c1-12(20-7-8-21(33-20)17-6-5-14(32-17)11-24-23(28)29)25-22-15-9-18(30-3)19(31-4)10-16(15)26-13(2)27-22/h5-10,12,24H,11H2,1-4H3,(H,28,29)(H,25,26,27). The highest BCUT2D eigenvalue weighted by molar-refractivity contribution is 7.15. The quantitative estimate of drug-likeness (QED) is 0.322. The Labute approximate surface area is 194 Å². The molecule has 10 heteroatoms. The molecule has 0 spiro atoms. The van der Waals surface area contributed by atoms with Crippen molar-refractivity contribution in [3.8, 4) is 22.1 Å². The molecule has 3 N–H and O–H groups in total. The first-order valence-electron chi connectivity index (χ1n) is 10.2. The van der Waals surface area contributed by atoms with E-state index >= 15 is 0 Å². The average molecular weight is 469 g/mol. The fourth-order valence-corrected chi connectivity index (χ4v) is 4.42. The van der Waals surface area contributed by atoms with Crippen molar-refractivity contribution in [1.82, 2.24) is 15.3 Å². The summed E-state index contributed by atoms with van der Waals surface area (Å²) in [6.45, 7) is 4.03. The minimum atomic E-state index is -1.09. The van der Waals surface area contributed by atoms with Crippen molar-refractivity contribution in [2.24, 2.45) is 0 Å². The zero-order chi connectivity index (χ0) is 23.5. The predicted molar refractivity (Wildman–Crippen MR) is 126 cm³/mol. The van der Waals surface area contributed by atoms with E-state index in [9.17, 15) is 4.79 Å². The van der Waals surface area contributed by atoms with Crippen LogP contribution in [0.15, 0.2) is 40.8 Å². The van der Waals surface area contributed by atoms with E-state index in [4.69, 9.17) is 19.0 Å². The van der Waals surface area contributed by atoms with Crippen LogP contribution in [0, 0.1) is 6.92 Å². The molecule has 0 bridgehead atoms. The van der Waals surface area contributed by atoms with E-state index in [-0.39, 0.29) is 12.6 Å². The van der Waals surface area contributed by atoms with Gasteiger partial charge in [0.25, 0.3) is 0 Å². The van der Waals surface area contributed by atoms with Gasteiger partial charge in [-0.2, -0.15) is 0 Å². The van der Waals surface area contributed by atoms with E-state index in [0.717, 1.165) is 20.7 Å². The lowest BCUT2D eigenvalue weighted by atomic mass is 10.2. The Bertz CT molecular complexity index is 1300. The number of aryl methyl sites for hydroxylation is 1. The first kappa shape index (κ1) is 22.4. The molecule has 1 atom stereocenters. The summed E-state index contributed by atoms with van der Waals surface area (Å²) in [4.78, 5) is 21.9. The van der Waals surface area contributed by atoms with Crippen molar-refractivity contribution < 1.29 is 23.8 Å². The van der Waals surface area contributed by atoms with Crippen LogP contribution in [0.3, 0.4) is 0 Å². The molecule has 1 aromatic carbocycles. The normalized spacial score (nSPS) is 11.9. The fraction of sp³-hybridized carbons (Fsp3) is 0.261. The van der Waals surface area contributed by atoms with Gasteiger partial charge in [-0.05, 0) is 44.2 Å². The molecule has 0 aliphatic carbocycles. The first-order valence-corrected chi connectivity index (χ1v) is 11.0. The molecule has 0 saturated heterocycles. The molecule has 172 valence electrons. The van der Waals surface area contributed by atoms with Crippen molar-refractivity contribution in [1.29, 1.82) is 0 Å². The Kier molecular flexibility index (Phi) is 6.36. The van der Waals surface area contributed by atoms with Crippen molar-refractivity contribution in [2.45, 2.75) is 26.4 Å². The van der Waals surface area contributed by atoms with Crippen LogP contribution in [-0.2, 0) is 6.54 Å². The maximum Gasteiger partial charge on any atom is 0.405 e. The predicted octanol–water partition coefficient (Wildman–Crippen LogP) is 5.22. The Morgan fingerprint density at radius 2 is 1.91 bits per heavy atom. The molecule has 1 amide bonds. The summed E-state index contributed by atoms with van der Waals surface area (Å²) < 4.78 is 16.6. The van der Waals surface area contributed by atoms with Crippen LogP contribution in [0.1, 0.15) is 29.4 Å². The zero-order valence-electron chi connectivity index (χ0n) is 18.6. The van der Waals surface area contributed by atoms with Crippen molar-refractivity contribution in [3.05, 3.63) is 52.9 Å². The largest absolute Gasteiger partial charge is 0.493 e. The van der Waals surface area contributed by atoms with Gasteiger partial charge < -0.3 is 29.6 Å². The third kappa shape index (κ3) is 4.85. The van der Waals surface area contributed by atoms with Gasteiger partial charge in [0.15, 0.2) is 11.5 Å². The molecule has 9 nitrogen and oxygen atoms in total. The lowest BCUT2D eigenvalue weighted by Crippen LogP contribution is -2.19. The summed E-state index contributed by atoms with van der Waals surface area (Å²) in [5.74, 6) is 3.83. The van der Waals surface area contributed by atoms with Crippen LogP contribution in [0.4, 0.5) is 10.6 Å². The third-order valence-electron chi connectivity index (χ3n) is 5.04. The van der Waals surface area contributed by atoms with Crippen molar-refractivity contribution >= 4 is 34.2 Å². The average Bonchev–Trinajstić information content (AvgIpc) is 3.46. The van der Waals surface area contributed by atoms with E-state index in [1.807, 2.05) is 37.3 Å². The van der Waals surface area contributed by atoms with Crippen molar-refractivity contribution in [3.63, 3.8) is 0 Å². The van der Waals surface area contributed by atoms with Crippen LogP contribution < -0.4 is 20.1 Å². The SMILES string of the molecule is COc1cc2nc(C)nc(NC(C)c3ccc(-c4ccc(CNC(=O)O)o4)s3)c2cc1OC. The Morgan fingerprint density at radius 3 is 2.64 bits per heavy atom. The van der Waals surface area contributed by atoms with E-state index in [2.05, 4.69) is 27.5 Å². The van der Waals surface area contributed by atoms with E-state index in [1.54, 1.807) is 31.6 Å². The van der Waals surface area contributed by atoms with Gasteiger partial charge in [-0.15, -0.1) is 11.3 Å². The second-order valence-corrected chi connectivity index (χ2v) is 8.45. The van der Waals surface area contributed by atoms with Gasteiger partial charge >= 0.3 is 6.09 Å². The van der Waals surface area contributed by atoms with Crippen LogP contribution >= 0.6 is 11.3 Å². The first-order chi connectivity index (χ1) is 15.9. The number of nitrogens with one attached hydrogen (secondary N) is 2. The highest BCUT2D eigenvalue weighted by atomic mass is 32.1. The van der Waals surface area contributed by atoms with Gasteiger partial charge in [-0.3, -0.25) is 0 Å². The summed E-state index contributed by atoms with van der Waals surface area (Å²) in [7, 11) is 3.19. The number of hydrogen-bond donors (Lipinski definition) is 3. The smallest absolute Gasteiger partial charge is 0.405 e. The summed E-state index contributed by atoms with van der Waals surface area (Å²) >= 11 is 1.59. The van der Waals surface area contributed by atoms with E-state index in [1.165, 1.54) is 0 Å². The number of aromatic nitrogens is 2. The number of benzene rings is 1. The van der Waals surface area contributed by atoms with E-state index in [0.29, 0.717) is 34.7 Å². The molecule has 4 aromatic rings. The highest BCUT2D eigenvalue weighted by Gasteiger charge is 2.17. The molecule has 1 unspecified atom stereocenters. The topological polar surface area (TPSA) is 119 Å². The minimum absolute atomic E-state index is 0.0301. The number of thiophene rings is 1. The summed E-state index contributed by atoms with van der Waals surface area (Å²) in [6, 6.07) is 11.3. The van der Waals surface area contributed by atoms with Crippen molar-refractivity contribution in [2.75, 3.05) is 19.5 Å². The van der Waals surface area contributed by atoms with Gasteiger partial charge in [0.05, 0.1) is 37.2 Å². The van der Waals surface area contributed by atoms with Gasteiger partial charge in [-0.1, -0.05) is 0 Å². The number of ether oxygens (including phenoxy) is 2. The number of methoxy groups -OCH3 is 2. The molecule has 3 heterocycles. The second-order valence-electron chi connectivity index (χ2n) is 7.34. The van der Waals surface area contributed by atoms with Crippen LogP contribution in [0.25, 0.3) is 21.5 Å². The molecule has 33 heavy (non-hydrogen) atoms. The molecule has 0 aliphatic heterocycles. The zero-order valence-corrected chi connectivity index (χ0v) is 19.4. The molecule has 3 aromatic heterocycles. The Hall–Kier alpha value is -3.79. The number of rotatable bonds is 8. The Balaban J connectivity index is 1.57. The van der Waals surface area contributed by atoms with Gasteiger partial charge in [0.2, 0.25) is 0 Å². The van der Waals surface area contributed by atoms with E-state index < -0.39 is 6.09 Å².